The number of pyridine rings is 1. The summed E-state index contributed by atoms with van der Waals surface area (Å²) in [5.41, 5.74) is 3.05. The fraction of sp³-hybridized carbons (Fsp3) is 0.565. The number of nitrogens with zero attached hydrogens (tertiary/aromatic N) is 7. The molecule has 1 spiro atoms. The van der Waals surface area contributed by atoms with E-state index in [1.807, 2.05) is 19.9 Å². The first kappa shape index (κ1) is 22.6. The third-order valence-corrected chi connectivity index (χ3v) is 7.45. The summed E-state index contributed by atoms with van der Waals surface area (Å²) < 4.78 is 6.67. The third-order valence-electron chi connectivity index (χ3n) is 7.45. The van der Waals surface area contributed by atoms with Gasteiger partial charge < -0.3 is 19.6 Å². The lowest BCUT2D eigenvalue weighted by molar-refractivity contribution is -0.139. The van der Waals surface area contributed by atoms with Crippen molar-refractivity contribution in [1.82, 2.24) is 35.0 Å². The Balaban J connectivity index is 1.23. The van der Waals surface area contributed by atoms with Gasteiger partial charge in [0.1, 0.15) is 19.0 Å². The van der Waals surface area contributed by atoms with Gasteiger partial charge in [0, 0.05) is 12.6 Å². The number of piperidine rings is 1. The summed E-state index contributed by atoms with van der Waals surface area (Å²) >= 11 is 0. The van der Waals surface area contributed by atoms with Crippen LogP contribution in [-0.4, -0.2) is 84.3 Å². The summed E-state index contributed by atoms with van der Waals surface area (Å²) in [5, 5.41) is 22.0. The van der Waals surface area contributed by atoms with E-state index in [2.05, 4.69) is 25.4 Å². The molecule has 0 radical (unpaired) electrons. The number of rotatable bonds is 5. The van der Waals surface area contributed by atoms with Gasteiger partial charge in [0.25, 0.3) is 0 Å². The molecule has 1 N–H and O–H groups in total. The van der Waals surface area contributed by atoms with E-state index in [0.29, 0.717) is 23.5 Å². The number of esters is 1. The molecule has 0 bridgehead atoms. The number of aryl methyl sites for hydroxylation is 1. The topological polar surface area (TPSA) is 127 Å². The Morgan fingerprint density at radius 3 is 2.65 bits per heavy atom. The van der Waals surface area contributed by atoms with E-state index in [9.17, 15) is 14.7 Å². The fourth-order valence-electron chi connectivity index (χ4n) is 5.54. The summed E-state index contributed by atoms with van der Waals surface area (Å²) in [6.07, 6.45) is 4.64. The molecule has 34 heavy (non-hydrogen) atoms. The number of ether oxygens (including phenoxy) is 1. The Morgan fingerprint density at radius 1 is 1.26 bits per heavy atom. The quantitative estimate of drug-likeness (QED) is 0.639. The van der Waals surface area contributed by atoms with Crippen LogP contribution in [0.3, 0.4) is 0 Å². The van der Waals surface area contributed by atoms with Crippen LogP contribution in [0.4, 0.5) is 0 Å². The van der Waals surface area contributed by atoms with Gasteiger partial charge in [0.2, 0.25) is 5.91 Å². The lowest BCUT2D eigenvalue weighted by atomic mass is 9.76. The molecular formula is C23H29N7O4. The minimum absolute atomic E-state index is 0.0367. The Labute approximate surface area is 197 Å². The predicted octanol–water partition coefficient (Wildman–Crippen LogP) is 0.933. The van der Waals surface area contributed by atoms with Gasteiger partial charge in [0.05, 0.1) is 34.3 Å². The van der Waals surface area contributed by atoms with Gasteiger partial charge in [-0.05, 0) is 75.2 Å². The van der Waals surface area contributed by atoms with Crippen LogP contribution in [0, 0.1) is 12.3 Å². The van der Waals surface area contributed by atoms with Crippen LogP contribution in [-0.2, 0) is 14.3 Å². The molecule has 3 aliphatic rings. The highest BCUT2D eigenvalue weighted by atomic mass is 16.5. The number of aliphatic hydroxyl groups is 1. The highest BCUT2D eigenvalue weighted by Crippen LogP contribution is 2.46. The molecular weight excluding hydrogens is 438 g/mol. The van der Waals surface area contributed by atoms with Crippen molar-refractivity contribution in [2.75, 3.05) is 26.2 Å². The molecule has 180 valence electrons. The molecule has 5 heterocycles. The maximum absolute atomic E-state index is 13.5. The average Bonchev–Trinajstić information content (AvgIpc) is 3.51. The number of amides is 1. The zero-order valence-corrected chi connectivity index (χ0v) is 19.6. The van der Waals surface area contributed by atoms with Gasteiger partial charge in [-0.25, -0.2) is 4.79 Å². The maximum Gasteiger partial charge on any atom is 0.336 e. The van der Waals surface area contributed by atoms with E-state index in [1.165, 1.54) is 11.0 Å². The molecule has 2 unspecified atom stereocenters. The van der Waals surface area contributed by atoms with Gasteiger partial charge in [-0.3, -0.25) is 9.78 Å². The minimum atomic E-state index is -0.735. The van der Waals surface area contributed by atoms with Crippen LogP contribution in [0.25, 0.3) is 5.69 Å². The largest absolute Gasteiger partial charge is 0.456 e. The standard InChI is InChI=1S/C23H29N7O4/c1-14-8-17(29-13-25-26-27-29)10-24-20(14)19(31)11-28-6-4-23(5-7-28)9-15(2)30(22(23)33)18-12-34-21(32)16(18)3/h8,10,13,15,19,31H,4-7,9,11-12H2,1-3H3. The van der Waals surface area contributed by atoms with Crippen molar-refractivity contribution in [2.24, 2.45) is 5.41 Å². The number of aromatic nitrogens is 5. The fourth-order valence-corrected chi connectivity index (χ4v) is 5.54. The molecule has 2 aromatic rings. The summed E-state index contributed by atoms with van der Waals surface area (Å²) in [7, 11) is 0. The molecule has 3 aliphatic heterocycles. The highest BCUT2D eigenvalue weighted by molar-refractivity contribution is 5.94. The number of aliphatic hydroxyl groups excluding tert-OH is 1. The van der Waals surface area contributed by atoms with Crippen molar-refractivity contribution in [3.63, 3.8) is 0 Å². The van der Waals surface area contributed by atoms with Crippen LogP contribution in [0.2, 0.25) is 0 Å². The molecule has 2 fully saturated rings. The van der Waals surface area contributed by atoms with Crippen molar-refractivity contribution in [3.05, 3.63) is 41.1 Å². The third kappa shape index (κ3) is 3.78. The van der Waals surface area contributed by atoms with Gasteiger partial charge in [-0.1, -0.05) is 0 Å². The first-order chi connectivity index (χ1) is 16.3. The minimum Gasteiger partial charge on any atom is -0.456 e. The van der Waals surface area contributed by atoms with Crippen molar-refractivity contribution < 1.29 is 19.4 Å². The van der Waals surface area contributed by atoms with Gasteiger partial charge in [0.15, 0.2) is 0 Å². The number of cyclic esters (lactones) is 1. The molecule has 1 amide bonds. The second-order valence-electron chi connectivity index (χ2n) is 9.62. The van der Waals surface area contributed by atoms with Crippen molar-refractivity contribution in [3.8, 4) is 5.69 Å². The molecule has 0 aromatic carbocycles. The van der Waals surface area contributed by atoms with E-state index in [0.717, 1.165) is 43.6 Å². The Kier molecular flexibility index (Phi) is 5.68. The van der Waals surface area contributed by atoms with Gasteiger partial charge in [-0.15, -0.1) is 5.10 Å². The highest BCUT2D eigenvalue weighted by Gasteiger charge is 2.53. The Hall–Kier alpha value is -3.18. The Bertz CT molecular complexity index is 1140. The SMILES string of the molecule is CC1=C(N2C(=O)C3(CCN(CC(O)c4ncc(-n5cnnn5)cc4C)CC3)CC2C)COC1=O. The van der Waals surface area contributed by atoms with Crippen LogP contribution >= 0.6 is 0 Å². The summed E-state index contributed by atoms with van der Waals surface area (Å²) in [6.45, 7) is 7.75. The average molecular weight is 468 g/mol. The lowest BCUT2D eigenvalue weighted by Gasteiger charge is -2.38. The van der Waals surface area contributed by atoms with Crippen LogP contribution in [0.5, 0.6) is 0 Å². The molecule has 11 nitrogen and oxygen atoms in total. The second kappa shape index (κ2) is 8.55. The van der Waals surface area contributed by atoms with Crippen molar-refractivity contribution >= 4 is 11.9 Å². The number of carbonyl (C=O) groups excluding carboxylic acids is 2. The van der Waals surface area contributed by atoms with E-state index in [1.54, 1.807) is 18.0 Å². The molecule has 2 atom stereocenters. The number of β-amino-alcohol motifs (C(OH)–C–C–N with tert-alkyl or cyclic N) is 1. The predicted molar refractivity (Wildman–Crippen MR) is 119 cm³/mol. The van der Waals surface area contributed by atoms with Gasteiger partial charge >= 0.3 is 5.97 Å². The zero-order chi connectivity index (χ0) is 24.0. The normalized spacial score (nSPS) is 23.8. The lowest BCUT2D eigenvalue weighted by Crippen LogP contribution is -2.45. The number of tetrazole rings is 1. The monoisotopic (exact) mass is 467 g/mol. The molecule has 2 saturated heterocycles. The molecule has 0 saturated carbocycles. The Morgan fingerprint density at radius 2 is 2.03 bits per heavy atom. The number of carbonyl (C=O) groups is 2. The summed E-state index contributed by atoms with van der Waals surface area (Å²) in [6, 6.07) is 1.93. The summed E-state index contributed by atoms with van der Waals surface area (Å²) in [4.78, 5) is 33.8. The number of likely N-dealkylation sites (tertiary alicyclic amines) is 2. The van der Waals surface area contributed by atoms with Crippen LogP contribution in [0.15, 0.2) is 29.9 Å². The van der Waals surface area contributed by atoms with E-state index >= 15 is 0 Å². The van der Waals surface area contributed by atoms with E-state index in [4.69, 9.17) is 4.74 Å². The molecule has 0 aliphatic carbocycles. The van der Waals surface area contributed by atoms with Crippen LogP contribution in [0.1, 0.15) is 50.5 Å². The number of hydrogen-bond donors (Lipinski definition) is 1. The maximum atomic E-state index is 13.5. The van der Waals surface area contributed by atoms with E-state index in [-0.39, 0.29) is 24.5 Å². The number of hydrogen-bond acceptors (Lipinski definition) is 9. The first-order valence-electron chi connectivity index (χ1n) is 11.6. The first-order valence-corrected chi connectivity index (χ1v) is 11.6. The zero-order valence-electron chi connectivity index (χ0n) is 19.6. The molecule has 2 aromatic heterocycles. The van der Waals surface area contributed by atoms with Crippen LogP contribution < -0.4 is 0 Å². The van der Waals surface area contributed by atoms with Crippen molar-refractivity contribution in [2.45, 2.75) is 52.2 Å². The smallest absolute Gasteiger partial charge is 0.336 e. The molecule has 5 rings (SSSR count). The summed E-state index contributed by atoms with van der Waals surface area (Å²) in [5.74, 6) is -0.238. The van der Waals surface area contributed by atoms with Crippen molar-refractivity contribution in [1.29, 1.82) is 0 Å². The van der Waals surface area contributed by atoms with Gasteiger partial charge in [-0.2, -0.15) is 4.68 Å². The van der Waals surface area contributed by atoms with E-state index < -0.39 is 11.5 Å². The molecule has 11 heteroatoms. The second-order valence-corrected chi connectivity index (χ2v) is 9.62.